The van der Waals surface area contributed by atoms with Crippen LogP contribution in [-0.2, 0) is 14.3 Å². The lowest BCUT2D eigenvalue weighted by molar-refractivity contribution is -0.134. The van der Waals surface area contributed by atoms with Gasteiger partial charge in [0.2, 0.25) is 5.91 Å². The van der Waals surface area contributed by atoms with Crippen molar-refractivity contribution >= 4 is 24.0 Å². The van der Waals surface area contributed by atoms with Crippen LogP contribution < -0.4 is 10.1 Å². The molecule has 3 aromatic carbocycles. The van der Waals surface area contributed by atoms with Gasteiger partial charge < -0.3 is 29.3 Å². The number of nitrogens with one attached hydrogen (secondary N) is 1. The van der Waals surface area contributed by atoms with Gasteiger partial charge in [-0.15, -0.1) is 0 Å². The van der Waals surface area contributed by atoms with E-state index in [4.69, 9.17) is 14.2 Å². The number of carbonyl (C=O) groups is 4. The van der Waals surface area contributed by atoms with Crippen molar-refractivity contribution in [1.29, 1.82) is 0 Å². The van der Waals surface area contributed by atoms with E-state index in [1.807, 2.05) is 73.9 Å². The third-order valence-electron chi connectivity index (χ3n) is 12.2. The number of nitrogens with zero attached hydrogens (tertiary/aromatic N) is 3. The molecule has 3 unspecified atom stereocenters. The Morgan fingerprint density at radius 3 is 2.12 bits per heavy atom. The van der Waals surface area contributed by atoms with Gasteiger partial charge in [-0.3, -0.25) is 14.5 Å². The predicted octanol–water partition coefficient (Wildman–Crippen LogP) is 7.79. The number of hydrogen-bond donors (Lipinski definition) is 1. The van der Waals surface area contributed by atoms with E-state index in [-0.39, 0.29) is 37.0 Å². The zero-order valence-electron chi connectivity index (χ0n) is 34.1. The highest BCUT2D eigenvalue weighted by Gasteiger charge is 2.44. The summed E-state index contributed by atoms with van der Waals surface area (Å²) in [6.07, 6.45) is 4.21. The first-order valence-electron chi connectivity index (χ1n) is 20.8. The molecule has 3 aliphatic heterocycles. The SMILES string of the molecule is Cc1cc(OCCC(C)C2CCN(C(=O)OC(C)(C)C)CC2)ccc1C(=O)NC1CC(C(=O)N2CCCC2)N(C(=O)OCC2c3ccccc3-c3ccccc32)C1. The number of fused-ring (bicyclic) bond motifs is 3. The Kier molecular flexibility index (Phi) is 12.1. The lowest BCUT2D eigenvalue weighted by atomic mass is 9.84. The van der Waals surface area contributed by atoms with E-state index in [9.17, 15) is 19.2 Å². The number of aryl methyl sites for hydroxylation is 1. The Hall–Kier alpha value is -5.06. The van der Waals surface area contributed by atoms with Gasteiger partial charge in [0, 0.05) is 50.2 Å². The molecular formula is C46H58N4O7. The second-order valence-electron chi connectivity index (χ2n) is 17.3. The summed E-state index contributed by atoms with van der Waals surface area (Å²) < 4.78 is 17.7. The molecule has 4 amide bonds. The highest BCUT2D eigenvalue weighted by atomic mass is 16.6. The average molecular weight is 779 g/mol. The summed E-state index contributed by atoms with van der Waals surface area (Å²) in [5.41, 5.74) is 5.35. The molecule has 11 heteroatoms. The van der Waals surface area contributed by atoms with Gasteiger partial charge in [0.25, 0.3) is 5.91 Å². The quantitative estimate of drug-likeness (QED) is 0.223. The molecule has 11 nitrogen and oxygen atoms in total. The number of ether oxygens (including phenoxy) is 3. The Labute approximate surface area is 337 Å². The Balaban J connectivity index is 0.924. The molecule has 0 saturated carbocycles. The van der Waals surface area contributed by atoms with Crippen molar-refractivity contribution in [2.24, 2.45) is 11.8 Å². The molecule has 3 saturated heterocycles. The van der Waals surface area contributed by atoms with Crippen LogP contribution in [0.3, 0.4) is 0 Å². The summed E-state index contributed by atoms with van der Waals surface area (Å²) in [6, 6.07) is 20.8. The molecule has 4 aliphatic rings. The highest BCUT2D eigenvalue weighted by molar-refractivity contribution is 5.96. The van der Waals surface area contributed by atoms with E-state index in [1.54, 1.807) is 6.07 Å². The smallest absolute Gasteiger partial charge is 0.410 e. The van der Waals surface area contributed by atoms with E-state index >= 15 is 0 Å². The number of amides is 4. The van der Waals surface area contributed by atoms with Crippen LogP contribution in [-0.4, -0.2) is 102 Å². The van der Waals surface area contributed by atoms with Gasteiger partial charge in [-0.1, -0.05) is 55.5 Å². The molecule has 3 atom stereocenters. The van der Waals surface area contributed by atoms with Gasteiger partial charge in [-0.25, -0.2) is 9.59 Å². The molecular weight excluding hydrogens is 721 g/mol. The molecule has 1 aliphatic carbocycles. The van der Waals surface area contributed by atoms with E-state index in [1.165, 1.54) is 4.90 Å². The summed E-state index contributed by atoms with van der Waals surface area (Å²) in [5.74, 6) is 1.22. The number of piperidine rings is 1. The molecule has 0 aromatic heterocycles. The van der Waals surface area contributed by atoms with Gasteiger partial charge in [-0.2, -0.15) is 0 Å². The molecule has 3 aromatic rings. The minimum Gasteiger partial charge on any atom is -0.494 e. The van der Waals surface area contributed by atoms with E-state index in [2.05, 4.69) is 36.5 Å². The summed E-state index contributed by atoms with van der Waals surface area (Å²) >= 11 is 0. The van der Waals surface area contributed by atoms with Crippen molar-refractivity contribution in [2.75, 3.05) is 45.9 Å². The molecule has 0 spiro atoms. The Bertz CT molecular complexity index is 1900. The molecule has 3 fully saturated rings. The topological polar surface area (TPSA) is 118 Å². The first kappa shape index (κ1) is 40.1. The van der Waals surface area contributed by atoms with Crippen LogP contribution in [0.25, 0.3) is 11.1 Å². The number of hydrogen-bond acceptors (Lipinski definition) is 7. The predicted molar refractivity (Wildman–Crippen MR) is 218 cm³/mol. The summed E-state index contributed by atoms with van der Waals surface area (Å²) in [6.45, 7) is 13.5. The largest absolute Gasteiger partial charge is 0.494 e. The number of rotatable bonds is 10. The fourth-order valence-electron chi connectivity index (χ4n) is 9.02. The molecule has 304 valence electrons. The fourth-order valence-corrected chi connectivity index (χ4v) is 9.02. The second kappa shape index (κ2) is 17.2. The average Bonchev–Trinajstić information content (AvgIpc) is 3.95. The number of likely N-dealkylation sites (tertiary alicyclic amines) is 3. The first-order valence-corrected chi connectivity index (χ1v) is 20.8. The van der Waals surface area contributed by atoms with Crippen molar-refractivity contribution in [2.45, 2.75) is 96.7 Å². The van der Waals surface area contributed by atoms with E-state index in [0.29, 0.717) is 62.4 Å². The highest BCUT2D eigenvalue weighted by Crippen LogP contribution is 2.44. The van der Waals surface area contributed by atoms with Crippen LogP contribution in [0.5, 0.6) is 5.75 Å². The van der Waals surface area contributed by atoms with Gasteiger partial charge in [0.15, 0.2) is 0 Å². The maximum atomic E-state index is 13.8. The van der Waals surface area contributed by atoms with Crippen LogP contribution in [0.2, 0.25) is 0 Å². The maximum Gasteiger partial charge on any atom is 0.410 e. The minimum atomic E-state index is -0.708. The lowest BCUT2D eigenvalue weighted by Crippen LogP contribution is -2.47. The summed E-state index contributed by atoms with van der Waals surface area (Å²) in [7, 11) is 0. The van der Waals surface area contributed by atoms with Crippen LogP contribution in [0.1, 0.15) is 99.2 Å². The fraction of sp³-hybridized carbons (Fsp3) is 0.522. The van der Waals surface area contributed by atoms with Crippen molar-refractivity contribution in [1.82, 2.24) is 20.0 Å². The molecule has 0 bridgehead atoms. The van der Waals surface area contributed by atoms with Gasteiger partial charge in [0.1, 0.15) is 24.0 Å². The second-order valence-corrected chi connectivity index (χ2v) is 17.3. The van der Waals surface area contributed by atoms with Crippen LogP contribution in [0.4, 0.5) is 9.59 Å². The lowest BCUT2D eigenvalue weighted by Gasteiger charge is -2.35. The van der Waals surface area contributed by atoms with E-state index in [0.717, 1.165) is 59.9 Å². The molecule has 1 N–H and O–H groups in total. The number of benzene rings is 3. The van der Waals surface area contributed by atoms with E-state index < -0.39 is 23.8 Å². The maximum absolute atomic E-state index is 13.8. The molecule has 57 heavy (non-hydrogen) atoms. The zero-order valence-corrected chi connectivity index (χ0v) is 34.1. The normalized spacial score (nSPS) is 20.2. The molecule has 3 heterocycles. The monoisotopic (exact) mass is 778 g/mol. The van der Waals surface area contributed by atoms with Crippen molar-refractivity contribution < 1.29 is 33.4 Å². The van der Waals surface area contributed by atoms with Gasteiger partial charge in [0.05, 0.1) is 6.61 Å². The van der Waals surface area contributed by atoms with Gasteiger partial charge >= 0.3 is 12.2 Å². The summed E-state index contributed by atoms with van der Waals surface area (Å²) in [4.78, 5) is 58.9. The van der Waals surface area contributed by atoms with Crippen LogP contribution >= 0.6 is 0 Å². The van der Waals surface area contributed by atoms with Crippen molar-refractivity contribution in [3.63, 3.8) is 0 Å². The molecule has 7 rings (SSSR count). The number of carbonyl (C=O) groups excluding carboxylic acids is 4. The third-order valence-corrected chi connectivity index (χ3v) is 12.2. The van der Waals surface area contributed by atoms with Crippen LogP contribution in [0.15, 0.2) is 66.7 Å². The van der Waals surface area contributed by atoms with Gasteiger partial charge in [-0.05, 0) is 124 Å². The minimum absolute atomic E-state index is 0.0870. The molecule has 0 radical (unpaired) electrons. The summed E-state index contributed by atoms with van der Waals surface area (Å²) in [5, 5.41) is 3.12. The van der Waals surface area contributed by atoms with Crippen molar-refractivity contribution in [3.05, 3.63) is 89.0 Å². The zero-order chi connectivity index (χ0) is 40.3. The third kappa shape index (κ3) is 9.24. The Morgan fingerprint density at radius 1 is 0.842 bits per heavy atom. The standard InChI is InChI=1S/C46H58N4O7/c1-30(32-18-23-49(24-19-32)44(53)57-46(3,4)5)20-25-55-34-16-17-35(31(2)26-34)42(51)47-33-27-41(43(52)48-21-10-11-22-48)50(28-33)45(54)56-29-40-38-14-8-6-12-36(38)37-13-7-9-15-39(37)40/h6-9,12-17,26,30,32-33,40-41H,10-11,18-25,27-29H2,1-5H3,(H,47,51). The van der Waals surface area contributed by atoms with Crippen molar-refractivity contribution in [3.8, 4) is 16.9 Å². The van der Waals surface area contributed by atoms with Crippen LogP contribution in [0, 0.1) is 18.8 Å². The first-order chi connectivity index (χ1) is 27.4. The Morgan fingerprint density at radius 2 is 1.49 bits per heavy atom.